The normalized spacial score (nSPS) is 14.5. The molecule has 96 valence electrons. The fourth-order valence-electron chi connectivity index (χ4n) is 2.06. The number of rotatable bonds is 7. The molecule has 0 saturated carbocycles. The van der Waals surface area contributed by atoms with E-state index in [-0.39, 0.29) is 0 Å². The van der Waals surface area contributed by atoms with Gasteiger partial charge in [0.15, 0.2) is 0 Å². The largest absolute Gasteiger partial charge is 0.322 e. The number of hydrogen-bond donors (Lipinski definition) is 0. The fourth-order valence-corrected chi connectivity index (χ4v) is 3.85. The minimum Gasteiger partial charge on any atom is -0.322 e. The molecule has 0 N–H and O–H groups in total. The van der Waals surface area contributed by atoms with Crippen molar-refractivity contribution in [1.29, 1.82) is 0 Å². The Bertz CT molecular complexity index is 342. The monoisotopic (exact) mass is 252 g/mol. The smallest absolute Gasteiger partial charge is 0.104 e. The molecule has 1 nitrogen and oxygen atoms in total. The van der Waals surface area contributed by atoms with E-state index in [1.807, 2.05) is 12.1 Å². The molecule has 1 aromatic carbocycles. The Morgan fingerprint density at radius 2 is 1.82 bits per heavy atom. The molecule has 0 saturated heterocycles. The summed E-state index contributed by atoms with van der Waals surface area (Å²) in [5.41, 5.74) is 1.24. The molecule has 0 fully saturated rings. The van der Waals surface area contributed by atoms with Gasteiger partial charge >= 0.3 is 0 Å². The first-order valence-electron chi connectivity index (χ1n) is 6.77. The van der Waals surface area contributed by atoms with Crippen LogP contribution in [-0.2, 0) is 4.57 Å². The Morgan fingerprint density at radius 1 is 1.18 bits per heavy atom. The van der Waals surface area contributed by atoms with Crippen LogP contribution in [0.5, 0.6) is 0 Å². The number of benzene rings is 1. The molecule has 0 aromatic heterocycles. The SMILES string of the molecule is CCCCC(CC)C[PH](=O)c1ccc(C)cc1. The number of hydrogen-bond acceptors (Lipinski definition) is 1. The van der Waals surface area contributed by atoms with Gasteiger partial charge in [-0.05, 0) is 12.8 Å². The molecule has 17 heavy (non-hydrogen) atoms. The molecule has 2 unspecified atom stereocenters. The Balaban J connectivity index is 2.54. The van der Waals surface area contributed by atoms with Gasteiger partial charge in [0.1, 0.15) is 7.80 Å². The lowest BCUT2D eigenvalue weighted by atomic mass is 10.0. The maximum Gasteiger partial charge on any atom is 0.104 e. The molecule has 0 spiro atoms. The van der Waals surface area contributed by atoms with Gasteiger partial charge in [-0.15, -0.1) is 0 Å². The Hall–Kier alpha value is -0.550. The van der Waals surface area contributed by atoms with Gasteiger partial charge in [-0.3, -0.25) is 0 Å². The topological polar surface area (TPSA) is 17.1 Å². The van der Waals surface area contributed by atoms with E-state index in [9.17, 15) is 4.57 Å². The molecular weight excluding hydrogens is 227 g/mol. The zero-order chi connectivity index (χ0) is 12.7. The summed E-state index contributed by atoms with van der Waals surface area (Å²) in [7, 11) is -1.57. The average Bonchev–Trinajstić information content (AvgIpc) is 2.35. The second kappa shape index (κ2) is 7.71. The molecule has 0 amide bonds. The van der Waals surface area contributed by atoms with E-state index < -0.39 is 7.80 Å². The summed E-state index contributed by atoms with van der Waals surface area (Å²) < 4.78 is 12.3. The maximum atomic E-state index is 12.3. The van der Waals surface area contributed by atoms with Crippen molar-refractivity contribution in [2.75, 3.05) is 6.16 Å². The highest BCUT2D eigenvalue weighted by atomic mass is 31.1. The highest BCUT2D eigenvalue weighted by Gasteiger charge is 2.11. The second-order valence-corrected chi connectivity index (χ2v) is 6.74. The van der Waals surface area contributed by atoms with E-state index in [2.05, 4.69) is 32.9 Å². The average molecular weight is 252 g/mol. The van der Waals surface area contributed by atoms with Crippen molar-refractivity contribution < 1.29 is 4.57 Å². The van der Waals surface area contributed by atoms with E-state index in [1.165, 1.54) is 24.8 Å². The lowest BCUT2D eigenvalue weighted by Crippen LogP contribution is -2.07. The van der Waals surface area contributed by atoms with Crippen LogP contribution >= 0.6 is 7.80 Å². The van der Waals surface area contributed by atoms with Crippen LogP contribution in [0, 0.1) is 12.8 Å². The second-order valence-electron chi connectivity index (χ2n) is 4.91. The van der Waals surface area contributed by atoms with E-state index in [0.29, 0.717) is 5.92 Å². The lowest BCUT2D eigenvalue weighted by molar-refractivity contribution is 0.489. The molecule has 0 aliphatic heterocycles. The highest BCUT2D eigenvalue weighted by molar-refractivity contribution is 7.53. The van der Waals surface area contributed by atoms with Crippen molar-refractivity contribution in [1.82, 2.24) is 0 Å². The highest BCUT2D eigenvalue weighted by Crippen LogP contribution is 2.28. The first-order chi connectivity index (χ1) is 8.17. The standard InChI is InChI=1S/C15H25OP/c1-4-6-7-14(5-2)12-17(16)15-10-8-13(3)9-11-15/h8-11,14,17H,4-7,12H2,1-3H3. The quantitative estimate of drug-likeness (QED) is 0.657. The predicted molar refractivity (Wildman–Crippen MR) is 78.0 cm³/mol. The van der Waals surface area contributed by atoms with E-state index in [4.69, 9.17) is 0 Å². The van der Waals surface area contributed by atoms with Crippen LogP contribution in [0.4, 0.5) is 0 Å². The van der Waals surface area contributed by atoms with Crippen molar-refractivity contribution >= 4 is 13.1 Å². The molecule has 0 radical (unpaired) electrons. The van der Waals surface area contributed by atoms with Gasteiger partial charge in [-0.1, -0.05) is 69.4 Å². The lowest BCUT2D eigenvalue weighted by Gasteiger charge is -2.14. The number of unbranched alkanes of at least 4 members (excludes halogenated alkanes) is 1. The molecular formula is C15H25OP. The van der Waals surface area contributed by atoms with Crippen LogP contribution in [0.3, 0.4) is 0 Å². The third-order valence-electron chi connectivity index (χ3n) is 3.39. The summed E-state index contributed by atoms with van der Waals surface area (Å²) in [5.74, 6) is 0.641. The number of aryl methyl sites for hydroxylation is 1. The van der Waals surface area contributed by atoms with Gasteiger partial charge in [-0.2, -0.15) is 0 Å². The summed E-state index contributed by atoms with van der Waals surface area (Å²) in [4.78, 5) is 0. The van der Waals surface area contributed by atoms with E-state index in [1.54, 1.807) is 0 Å². The molecule has 0 heterocycles. The van der Waals surface area contributed by atoms with Gasteiger partial charge in [0, 0.05) is 11.5 Å². The summed E-state index contributed by atoms with van der Waals surface area (Å²) >= 11 is 0. The molecule has 1 aromatic rings. The van der Waals surface area contributed by atoms with Crippen molar-refractivity contribution in [3.05, 3.63) is 29.8 Å². The predicted octanol–water partition coefficient (Wildman–Crippen LogP) is 4.40. The van der Waals surface area contributed by atoms with Crippen LogP contribution in [0.15, 0.2) is 24.3 Å². The van der Waals surface area contributed by atoms with E-state index >= 15 is 0 Å². The zero-order valence-corrected chi connectivity index (χ0v) is 12.3. The molecule has 1 rings (SSSR count). The summed E-state index contributed by atoms with van der Waals surface area (Å²) in [6.07, 6.45) is 5.78. The molecule has 0 aliphatic rings. The fraction of sp³-hybridized carbons (Fsp3) is 0.600. The summed E-state index contributed by atoms with van der Waals surface area (Å²) in [6.45, 7) is 6.50. The molecule has 2 heteroatoms. The van der Waals surface area contributed by atoms with Gasteiger partial charge in [0.05, 0.1) is 0 Å². The van der Waals surface area contributed by atoms with Crippen molar-refractivity contribution in [2.24, 2.45) is 5.92 Å². The molecule has 0 aliphatic carbocycles. The van der Waals surface area contributed by atoms with Crippen molar-refractivity contribution in [2.45, 2.75) is 46.5 Å². The van der Waals surface area contributed by atoms with Crippen LogP contribution in [0.1, 0.15) is 45.1 Å². The first kappa shape index (κ1) is 14.5. The zero-order valence-electron chi connectivity index (χ0n) is 11.3. The Kier molecular flexibility index (Phi) is 6.58. The van der Waals surface area contributed by atoms with Gasteiger partial charge in [0.25, 0.3) is 0 Å². The van der Waals surface area contributed by atoms with Crippen molar-refractivity contribution in [3.63, 3.8) is 0 Å². The first-order valence-corrected chi connectivity index (χ1v) is 8.38. The van der Waals surface area contributed by atoms with Gasteiger partial charge < -0.3 is 4.57 Å². The molecule has 2 atom stereocenters. The van der Waals surface area contributed by atoms with Crippen LogP contribution in [0.2, 0.25) is 0 Å². The van der Waals surface area contributed by atoms with Gasteiger partial charge in [0.2, 0.25) is 0 Å². The third kappa shape index (κ3) is 5.08. The van der Waals surface area contributed by atoms with Crippen LogP contribution in [0.25, 0.3) is 0 Å². The minimum atomic E-state index is -1.57. The summed E-state index contributed by atoms with van der Waals surface area (Å²) in [6, 6.07) is 8.18. The van der Waals surface area contributed by atoms with Crippen molar-refractivity contribution in [3.8, 4) is 0 Å². The van der Waals surface area contributed by atoms with Gasteiger partial charge in [-0.25, -0.2) is 0 Å². The minimum absolute atomic E-state index is 0.641. The molecule has 0 bridgehead atoms. The Labute approximate surface area is 106 Å². The summed E-state index contributed by atoms with van der Waals surface area (Å²) in [5, 5.41) is 1.05. The maximum absolute atomic E-state index is 12.3. The van der Waals surface area contributed by atoms with E-state index in [0.717, 1.165) is 17.9 Å². The van der Waals surface area contributed by atoms with Crippen LogP contribution in [-0.4, -0.2) is 6.16 Å². The third-order valence-corrected chi connectivity index (χ3v) is 5.32. The van der Waals surface area contributed by atoms with Crippen LogP contribution < -0.4 is 5.30 Å². The Morgan fingerprint density at radius 3 is 2.35 bits per heavy atom.